The van der Waals surface area contributed by atoms with E-state index in [9.17, 15) is 4.79 Å². The molecule has 1 amide bonds. The lowest BCUT2D eigenvalue weighted by Gasteiger charge is -2.16. The molecule has 0 fully saturated rings. The van der Waals surface area contributed by atoms with Gasteiger partial charge in [-0.3, -0.25) is 9.78 Å². The molecule has 0 radical (unpaired) electrons. The largest absolute Gasteiger partial charge is 0.340 e. The number of aromatic nitrogens is 1. The maximum atomic E-state index is 12.2. The van der Waals surface area contributed by atoms with Crippen LogP contribution < -0.4 is 5.73 Å². The molecule has 1 aromatic carbocycles. The molecule has 1 heterocycles. The Morgan fingerprint density at radius 2 is 1.90 bits per heavy atom. The Morgan fingerprint density at radius 1 is 1.14 bits per heavy atom. The monoisotopic (exact) mass is 283 g/mol. The highest BCUT2D eigenvalue weighted by molar-refractivity contribution is 5.92. The van der Waals surface area contributed by atoms with Crippen LogP contribution in [0.5, 0.6) is 0 Å². The standard InChI is InChI=1S/C17H21N3O/c1-20(11-5-8-14-6-3-2-4-7-14)17(21)16-10-9-15(12-18)13-19-16/h2-4,6-7,9-10,13H,5,8,11-12,18H2,1H3. The molecule has 0 aliphatic carbocycles. The molecule has 2 aromatic rings. The van der Waals surface area contributed by atoms with Crippen LogP contribution in [0.1, 0.15) is 28.0 Å². The Morgan fingerprint density at radius 3 is 2.52 bits per heavy atom. The fraction of sp³-hybridized carbons (Fsp3) is 0.294. The van der Waals surface area contributed by atoms with Crippen molar-refractivity contribution in [3.8, 4) is 0 Å². The van der Waals surface area contributed by atoms with E-state index in [4.69, 9.17) is 5.73 Å². The zero-order valence-electron chi connectivity index (χ0n) is 12.3. The first-order chi connectivity index (χ1) is 10.2. The van der Waals surface area contributed by atoms with E-state index in [0.29, 0.717) is 18.8 Å². The summed E-state index contributed by atoms with van der Waals surface area (Å²) in [4.78, 5) is 18.1. The van der Waals surface area contributed by atoms with Crippen LogP contribution in [-0.2, 0) is 13.0 Å². The molecule has 2 rings (SSSR count). The first kappa shape index (κ1) is 15.2. The third-order valence-electron chi connectivity index (χ3n) is 3.43. The lowest BCUT2D eigenvalue weighted by Crippen LogP contribution is -2.28. The van der Waals surface area contributed by atoms with Crippen molar-refractivity contribution in [1.29, 1.82) is 0 Å². The molecule has 0 aliphatic rings. The van der Waals surface area contributed by atoms with Crippen molar-refractivity contribution in [3.05, 3.63) is 65.5 Å². The predicted octanol–water partition coefficient (Wildman–Crippen LogP) is 2.25. The van der Waals surface area contributed by atoms with Gasteiger partial charge in [-0.15, -0.1) is 0 Å². The number of hydrogen-bond acceptors (Lipinski definition) is 3. The summed E-state index contributed by atoms with van der Waals surface area (Å²) in [6.45, 7) is 1.16. The van der Waals surface area contributed by atoms with Crippen molar-refractivity contribution in [1.82, 2.24) is 9.88 Å². The number of benzene rings is 1. The Bertz CT molecular complexity index is 566. The minimum atomic E-state index is -0.0494. The van der Waals surface area contributed by atoms with Gasteiger partial charge in [0, 0.05) is 26.3 Å². The Labute approximate surface area is 125 Å². The van der Waals surface area contributed by atoms with Crippen molar-refractivity contribution in [3.63, 3.8) is 0 Å². The molecule has 0 saturated carbocycles. The normalized spacial score (nSPS) is 10.4. The third-order valence-corrected chi connectivity index (χ3v) is 3.43. The van der Waals surface area contributed by atoms with E-state index in [1.165, 1.54) is 5.56 Å². The summed E-state index contributed by atoms with van der Waals surface area (Å²) < 4.78 is 0. The number of aryl methyl sites for hydroxylation is 1. The Hall–Kier alpha value is -2.20. The SMILES string of the molecule is CN(CCCc1ccccc1)C(=O)c1ccc(CN)cn1. The van der Waals surface area contributed by atoms with Gasteiger partial charge in [0.15, 0.2) is 0 Å². The average molecular weight is 283 g/mol. The second-order valence-corrected chi connectivity index (χ2v) is 5.07. The summed E-state index contributed by atoms with van der Waals surface area (Å²) in [7, 11) is 1.81. The van der Waals surface area contributed by atoms with Gasteiger partial charge >= 0.3 is 0 Å². The zero-order valence-corrected chi connectivity index (χ0v) is 12.3. The zero-order chi connectivity index (χ0) is 15.1. The van der Waals surface area contributed by atoms with Gasteiger partial charge in [-0.05, 0) is 30.0 Å². The van der Waals surface area contributed by atoms with Crippen LogP contribution in [-0.4, -0.2) is 29.4 Å². The maximum Gasteiger partial charge on any atom is 0.272 e. The van der Waals surface area contributed by atoms with E-state index < -0.39 is 0 Å². The first-order valence-corrected chi connectivity index (χ1v) is 7.15. The highest BCUT2D eigenvalue weighted by atomic mass is 16.2. The Balaban J connectivity index is 1.84. The van der Waals surface area contributed by atoms with E-state index in [0.717, 1.165) is 18.4 Å². The molecular weight excluding hydrogens is 262 g/mol. The number of carbonyl (C=O) groups excluding carboxylic acids is 1. The molecule has 0 spiro atoms. The number of hydrogen-bond donors (Lipinski definition) is 1. The lowest BCUT2D eigenvalue weighted by atomic mass is 10.1. The van der Waals surface area contributed by atoms with Crippen LogP contribution >= 0.6 is 0 Å². The van der Waals surface area contributed by atoms with Gasteiger partial charge in [0.25, 0.3) is 5.91 Å². The summed E-state index contributed by atoms with van der Waals surface area (Å²) in [5.74, 6) is -0.0494. The van der Waals surface area contributed by atoms with Crippen LogP contribution in [0.4, 0.5) is 0 Å². The molecule has 4 heteroatoms. The number of carbonyl (C=O) groups is 1. The summed E-state index contributed by atoms with van der Waals surface area (Å²) in [6.07, 6.45) is 3.57. The van der Waals surface area contributed by atoms with Crippen molar-refractivity contribution >= 4 is 5.91 Å². The fourth-order valence-corrected chi connectivity index (χ4v) is 2.13. The third kappa shape index (κ3) is 4.39. The summed E-state index contributed by atoms with van der Waals surface area (Å²) in [5, 5.41) is 0. The van der Waals surface area contributed by atoms with Gasteiger partial charge in [0.05, 0.1) is 0 Å². The number of amides is 1. The van der Waals surface area contributed by atoms with Gasteiger partial charge in [-0.1, -0.05) is 36.4 Å². The van der Waals surface area contributed by atoms with Crippen LogP contribution in [0.2, 0.25) is 0 Å². The summed E-state index contributed by atoms with van der Waals surface area (Å²) in [5.41, 5.74) is 8.21. The van der Waals surface area contributed by atoms with Crippen LogP contribution in [0, 0.1) is 0 Å². The van der Waals surface area contributed by atoms with Crippen molar-refractivity contribution in [2.45, 2.75) is 19.4 Å². The quantitative estimate of drug-likeness (QED) is 0.884. The minimum absolute atomic E-state index is 0.0494. The number of rotatable bonds is 6. The van der Waals surface area contributed by atoms with E-state index in [1.807, 2.05) is 31.3 Å². The van der Waals surface area contributed by atoms with Crippen LogP contribution in [0.25, 0.3) is 0 Å². The van der Waals surface area contributed by atoms with Gasteiger partial charge in [0.2, 0.25) is 0 Å². The van der Waals surface area contributed by atoms with Crippen molar-refractivity contribution in [2.24, 2.45) is 5.73 Å². The molecular formula is C17H21N3O. The summed E-state index contributed by atoms with van der Waals surface area (Å²) in [6, 6.07) is 13.9. The molecule has 110 valence electrons. The average Bonchev–Trinajstić information content (AvgIpc) is 2.55. The van der Waals surface area contributed by atoms with E-state index in [-0.39, 0.29) is 5.91 Å². The highest BCUT2D eigenvalue weighted by Crippen LogP contribution is 2.06. The number of pyridine rings is 1. The Kier molecular flexibility index (Phi) is 5.46. The van der Waals surface area contributed by atoms with Gasteiger partial charge in [0.1, 0.15) is 5.69 Å². The van der Waals surface area contributed by atoms with Gasteiger partial charge < -0.3 is 10.6 Å². The molecule has 21 heavy (non-hydrogen) atoms. The molecule has 0 unspecified atom stereocenters. The van der Waals surface area contributed by atoms with Crippen molar-refractivity contribution in [2.75, 3.05) is 13.6 Å². The highest BCUT2D eigenvalue weighted by Gasteiger charge is 2.12. The topological polar surface area (TPSA) is 59.2 Å². The summed E-state index contributed by atoms with van der Waals surface area (Å²) >= 11 is 0. The predicted molar refractivity (Wildman–Crippen MR) is 83.9 cm³/mol. The second-order valence-electron chi connectivity index (χ2n) is 5.07. The second kappa shape index (κ2) is 7.55. The van der Waals surface area contributed by atoms with Crippen LogP contribution in [0.15, 0.2) is 48.7 Å². The van der Waals surface area contributed by atoms with E-state index in [1.54, 1.807) is 17.2 Å². The maximum absolute atomic E-state index is 12.2. The number of nitrogens with two attached hydrogens (primary N) is 1. The fourth-order valence-electron chi connectivity index (χ4n) is 2.13. The molecule has 0 atom stereocenters. The lowest BCUT2D eigenvalue weighted by molar-refractivity contribution is 0.0788. The molecule has 1 aromatic heterocycles. The molecule has 2 N–H and O–H groups in total. The van der Waals surface area contributed by atoms with Crippen LogP contribution in [0.3, 0.4) is 0 Å². The number of nitrogens with zero attached hydrogens (tertiary/aromatic N) is 2. The minimum Gasteiger partial charge on any atom is -0.340 e. The molecule has 4 nitrogen and oxygen atoms in total. The van der Waals surface area contributed by atoms with Gasteiger partial charge in [-0.25, -0.2) is 0 Å². The van der Waals surface area contributed by atoms with Crippen molar-refractivity contribution < 1.29 is 4.79 Å². The smallest absolute Gasteiger partial charge is 0.272 e. The molecule has 0 saturated heterocycles. The van der Waals surface area contributed by atoms with E-state index >= 15 is 0 Å². The first-order valence-electron chi connectivity index (χ1n) is 7.15. The van der Waals surface area contributed by atoms with Gasteiger partial charge in [-0.2, -0.15) is 0 Å². The molecule has 0 bridgehead atoms. The molecule has 0 aliphatic heterocycles. The van der Waals surface area contributed by atoms with E-state index in [2.05, 4.69) is 17.1 Å².